The monoisotopic (exact) mass is 2060 g/mol. The minimum atomic E-state index is -1.96. The van der Waals surface area contributed by atoms with Gasteiger partial charge in [-0.25, -0.2) is 108 Å². The topological polar surface area (TPSA) is 368 Å². The van der Waals surface area contributed by atoms with E-state index in [1.165, 1.54) is 87.0 Å². The summed E-state index contributed by atoms with van der Waals surface area (Å²) in [4.78, 5) is 61.9. The number of aliphatic hydroxyl groups is 2. The van der Waals surface area contributed by atoms with Gasteiger partial charge in [0.1, 0.15) is 167 Å². The zero-order valence-electron chi connectivity index (χ0n) is 79.2. The Morgan fingerprint density at radius 2 is 0.772 bits per heavy atom. The lowest BCUT2D eigenvalue weighted by Crippen LogP contribution is -2.46. The second kappa shape index (κ2) is 45.8. The van der Waals surface area contributed by atoms with Crippen molar-refractivity contribution in [3.8, 4) is 22.9 Å². The van der Waals surface area contributed by atoms with E-state index in [4.69, 9.17) is 74.8 Å². The van der Waals surface area contributed by atoms with E-state index in [1.54, 1.807) is 68.1 Å². The molecule has 20 rings (SSSR count). The highest BCUT2D eigenvalue weighted by Crippen LogP contribution is 2.45. The normalized spacial score (nSPS) is 18.0. The first-order valence-electron chi connectivity index (χ1n) is 46.6. The summed E-state index contributed by atoms with van der Waals surface area (Å²) in [6.07, 6.45) is 20.4. The summed E-state index contributed by atoms with van der Waals surface area (Å²) in [5.41, 5.74) is 3.28. The third kappa shape index (κ3) is 24.1. The van der Waals surface area contributed by atoms with Crippen LogP contribution in [0.3, 0.4) is 0 Å². The van der Waals surface area contributed by atoms with Crippen molar-refractivity contribution in [1.82, 2.24) is 112 Å². The minimum absolute atomic E-state index is 0.0556. The van der Waals surface area contributed by atoms with Crippen molar-refractivity contribution in [3.05, 3.63) is 356 Å². The fraction of sp³-hybridized carbons (Fsp3) is 0.333. The Kier molecular flexibility index (Phi) is 32.3. The first-order valence-corrected chi connectivity index (χ1v) is 48.1. The van der Waals surface area contributed by atoms with E-state index in [0.29, 0.717) is 63.7 Å². The van der Waals surface area contributed by atoms with Gasteiger partial charge in [-0.1, -0.05) is 91.4 Å². The largest absolute Gasteiger partial charge is 0.491 e. The maximum absolute atomic E-state index is 14.4. The van der Waals surface area contributed by atoms with Gasteiger partial charge >= 0.3 is 11.4 Å². The molecule has 0 saturated carbocycles. The number of anilines is 4. The lowest BCUT2D eigenvalue weighted by molar-refractivity contribution is -0.191. The molecule has 8 aromatic heterocycles. The number of piperazine rings is 2. The molecule has 0 bridgehead atoms. The maximum Gasteiger partial charge on any atom is 0.350 e. The number of nitrogens with zero attached hydrogens (tertiary/aromatic N) is 27. The number of benzene rings is 8. The Balaban J connectivity index is 0.000000140. The van der Waals surface area contributed by atoms with Gasteiger partial charge in [0.15, 0.2) is 5.82 Å². The molecule has 8 aromatic carbocycles. The third-order valence-electron chi connectivity index (χ3n) is 25.6. The summed E-state index contributed by atoms with van der Waals surface area (Å²) < 4.78 is 120. The predicted octanol–water partition coefficient (Wildman–Crippen LogP) is 14.1. The molecule has 0 radical (unpaired) electrons. The van der Waals surface area contributed by atoms with Crippen LogP contribution >= 0.6 is 46.4 Å². The zero-order valence-corrected chi connectivity index (χ0v) is 82.2. The van der Waals surface area contributed by atoms with E-state index < -0.39 is 57.8 Å². The zero-order chi connectivity index (χ0) is 102. The van der Waals surface area contributed by atoms with Crippen LogP contribution in [-0.4, -0.2) is 214 Å². The van der Waals surface area contributed by atoms with Gasteiger partial charge in [-0.15, -0.1) is 0 Å². The van der Waals surface area contributed by atoms with Gasteiger partial charge in [-0.05, 0) is 160 Å². The van der Waals surface area contributed by atoms with E-state index >= 15 is 0 Å². The Morgan fingerprint density at radius 3 is 1.12 bits per heavy atom. The molecule has 4 saturated heterocycles. The minimum Gasteiger partial charge on any atom is -0.491 e. The number of hydrogen-bond donors (Lipinski definition) is 2. The molecule has 8 atom stereocenters. The van der Waals surface area contributed by atoms with Crippen molar-refractivity contribution in [2.24, 2.45) is 0 Å². The SMILES string of the molecule is CCC(C)n1ncn(-c2ccc(N3CCN(c4ccc(OC[C@@H]5CO[C@@](Cn6cncn6)(c6ccc(Cl)cc6Cl)O5)cc4)CC3)cc2)c1=O.CCC(C)n1ncn(-c2ccc(N3CCN(c4ccc(OC[C@H]5CO[C@](Cn6cncn6)(c6ccc(Cl)cc6Cl)O5)cc4)CC3)cc2)c1=O.C[C@@H](c1ncncc1F)[C@](O)(Cn1cncn1)c1ccc(F)cc1F.OC(Cn1cncn1)(Cn1cncn1)c1ccc(F)cc1F. The van der Waals surface area contributed by atoms with E-state index in [2.05, 4.69) is 139 Å². The number of hydrogen-bond acceptors (Lipinski definition) is 28. The smallest absolute Gasteiger partial charge is 0.350 e. The van der Waals surface area contributed by atoms with Crippen LogP contribution in [0.25, 0.3) is 11.4 Å². The second-order valence-corrected chi connectivity index (χ2v) is 36.8. The van der Waals surface area contributed by atoms with Crippen molar-refractivity contribution in [2.75, 3.05) is 98.4 Å². The van der Waals surface area contributed by atoms with Crippen molar-refractivity contribution in [3.63, 3.8) is 0 Å². The number of rotatable bonds is 32. The van der Waals surface area contributed by atoms with Crippen LogP contribution < -0.4 is 40.5 Å². The molecule has 0 aliphatic carbocycles. The third-order valence-corrected chi connectivity index (χ3v) is 26.7. The fourth-order valence-electron chi connectivity index (χ4n) is 17.5. The van der Waals surface area contributed by atoms with Crippen molar-refractivity contribution >= 4 is 69.2 Å². The number of aromatic nitrogens is 23. The molecule has 4 fully saturated rings. The Hall–Kier alpha value is -14.2. The molecule has 0 spiro atoms. The van der Waals surface area contributed by atoms with Gasteiger partial charge in [0.05, 0.1) is 78.2 Å². The molecule has 145 heavy (non-hydrogen) atoms. The van der Waals surface area contributed by atoms with E-state index in [9.17, 15) is 41.8 Å². The second-order valence-electron chi connectivity index (χ2n) is 35.1. The summed E-state index contributed by atoms with van der Waals surface area (Å²) in [6, 6.07) is 49.0. The Bertz CT molecular complexity index is 6720. The van der Waals surface area contributed by atoms with Crippen LogP contribution in [0.4, 0.5) is 44.7 Å². The average molecular weight is 2070 g/mol. The first-order chi connectivity index (χ1) is 70.1. The molecule has 12 heterocycles. The lowest BCUT2D eigenvalue weighted by atomic mass is 9.79. The van der Waals surface area contributed by atoms with Crippen molar-refractivity contribution in [1.29, 1.82) is 0 Å². The quantitative estimate of drug-likeness (QED) is 0.0370. The molecular weight excluding hydrogens is 1960 g/mol. The molecule has 2 unspecified atom stereocenters. The number of halogens is 9. The summed E-state index contributed by atoms with van der Waals surface area (Å²) >= 11 is 25.5. The van der Waals surface area contributed by atoms with Crippen LogP contribution in [0.2, 0.25) is 20.1 Å². The molecule has 4 aliphatic rings. The van der Waals surface area contributed by atoms with Gasteiger partial charge in [-0.2, -0.15) is 35.7 Å². The van der Waals surface area contributed by atoms with Crippen LogP contribution in [-0.2, 0) is 74.4 Å². The lowest BCUT2D eigenvalue weighted by Gasteiger charge is -2.37. The average Bonchev–Trinajstić information content (AvgIpc) is 1.62. The fourth-order valence-corrected chi connectivity index (χ4v) is 18.6. The first kappa shape index (κ1) is 102. The summed E-state index contributed by atoms with van der Waals surface area (Å²) in [6.45, 7) is 18.1. The summed E-state index contributed by atoms with van der Waals surface area (Å²) in [5, 5.41) is 53.0. The predicted molar refractivity (Wildman–Crippen MR) is 527 cm³/mol. The summed E-state index contributed by atoms with van der Waals surface area (Å²) in [5.74, 6) is -5.85. The van der Waals surface area contributed by atoms with Crippen LogP contribution in [0.15, 0.2) is 268 Å². The highest BCUT2D eigenvalue weighted by molar-refractivity contribution is 6.35. The van der Waals surface area contributed by atoms with Crippen molar-refractivity contribution < 1.29 is 60.6 Å². The van der Waals surface area contributed by atoms with Crippen LogP contribution in [0.5, 0.6) is 11.5 Å². The van der Waals surface area contributed by atoms with Crippen LogP contribution in [0, 0.1) is 29.1 Å². The van der Waals surface area contributed by atoms with E-state index in [-0.39, 0.29) is 85.2 Å². The highest BCUT2D eigenvalue weighted by atomic mass is 35.5. The molecule has 16 aromatic rings. The molecule has 46 heteroatoms. The van der Waals surface area contributed by atoms with Crippen molar-refractivity contribution in [2.45, 2.75) is 133 Å². The van der Waals surface area contributed by atoms with E-state index in [1.807, 2.05) is 88.4 Å². The summed E-state index contributed by atoms with van der Waals surface area (Å²) in [7, 11) is 0. The van der Waals surface area contributed by atoms with E-state index in [0.717, 1.165) is 148 Å². The standard InChI is InChI=1S/2C35H38Cl2N8O4.C16H14F3N5O.C13H12F2N6O/c2*1-3-25(2)45-34(46)44(24-40-45)29-7-5-27(6-8-29)41-14-16-42(17-15-41)28-9-11-30(12-10-28)47-19-31-20-48-35(49-31,21-43-23-38-22-39-43)32-13-4-26(36)18-33(32)37;1-10(15-14(19)5-20-7-22-15)16(25,6-24-9-21-8-23-24)12-3-2-11(17)4-13(12)18;14-10-1-2-11(12(15)3-10)13(22,4-20-8-16-6-18-20)5-21-9-17-7-19-21/h2*4-13,18,22-25,31H,3,14-17,19-21H2,1-2H3;2-5,7-10,25H,6H2,1H3;1-3,6-9,22H,4-5H2/t2*25?,31-,35-;10-,16+;/m100./s1. The van der Waals surface area contributed by atoms with Crippen LogP contribution in [0.1, 0.15) is 93.4 Å². The molecular formula is C99H102Cl4F5N27O10. The maximum atomic E-state index is 14.4. The molecule has 4 aliphatic heterocycles. The molecule has 0 amide bonds. The number of ether oxygens (including phenoxy) is 6. The van der Waals surface area contributed by atoms with Gasteiger partial charge in [0.25, 0.3) is 0 Å². The van der Waals surface area contributed by atoms with Gasteiger partial charge in [0, 0.05) is 125 Å². The Labute approximate surface area is 848 Å². The molecule has 37 nitrogen and oxygen atoms in total. The van der Waals surface area contributed by atoms with Gasteiger partial charge in [-0.3, -0.25) is 0 Å². The highest BCUT2D eigenvalue weighted by Gasteiger charge is 2.49. The molecule has 2 N–H and O–H groups in total. The Morgan fingerprint density at radius 1 is 0.414 bits per heavy atom. The molecule has 756 valence electrons. The van der Waals surface area contributed by atoms with Gasteiger partial charge < -0.3 is 58.2 Å². The van der Waals surface area contributed by atoms with Gasteiger partial charge in [0.2, 0.25) is 11.6 Å².